The van der Waals surface area contributed by atoms with Gasteiger partial charge in [0.1, 0.15) is 0 Å². The normalized spacial score (nSPS) is 38.7. The fourth-order valence-corrected chi connectivity index (χ4v) is 5.33. The van der Waals surface area contributed by atoms with E-state index in [0.29, 0.717) is 11.4 Å². The summed E-state index contributed by atoms with van der Waals surface area (Å²) in [6, 6.07) is 0.394. The Balaban J connectivity index is 1.33. The second-order valence-corrected chi connectivity index (χ2v) is 9.23. The zero-order chi connectivity index (χ0) is 18.4. The summed E-state index contributed by atoms with van der Waals surface area (Å²) in [5, 5.41) is 10.6. The van der Waals surface area contributed by atoms with Gasteiger partial charge in [-0.15, -0.1) is 11.6 Å². The van der Waals surface area contributed by atoms with Crippen molar-refractivity contribution in [2.75, 3.05) is 26.8 Å². The number of carbonyl (C=O) groups excluding carboxylic acids is 1. The molecule has 6 heteroatoms. The molecule has 2 aliphatic heterocycles. The number of carbonyl (C=O) groups is 1. The molecule has 150 valence electrons. The minimum atomic E-state index is 0.0884. The van der Waals surface area contributed by atoms with E-state index in [1.807, 2.05) is 0 Å². The smallest absolute Gasteiger partial charge is 0.225 e. The van der Waals surface area contributed by atoms with Crippen molar-refractivity contribution in [1.82, 2.24) is 16.0 Å². The molecule has 3 fully saturated rings. The molecule has 0 aromatic heterocycles. The lowest BCUT2D eigenvalue weighted by Crippen LogP contribution is -2.54. The van der Waals surface area contributed by atoms with Gasteiger partial charge in [0, 0.05) is 25.1 Å². The first kappa shape index (κ1) is 20.4. The topological polar surface area (TPSA) is 62.4 Å². The van der Waals surface area contributed by atoms with Crippen molar-refractivity contribution in [1.29, 1.82) is 0 Å². The van der Waals surface area contributed by atoms with Gasteiger partial charge in [0.05, 0.1) is 18.7 Å². The molecular formula is C20H36ClN3O2. The summed E-state index contributed by atoms with van der Waals surface area (Å²) in [6.07, 6.45) is 10.7. The molecule has 26 heavy (non-hydrogen) atoms. The van der Waals surface area contributed by atoms with E-state index in [0.717, 1.165) is 50.8 Å². The maximum Gasteiger partial charge on any atom is 0.225 e. The number of rotatable bonds is 6. The van der Waals surface area contributed by atoms with Crippen LogP contribution in [-0.4, -0.2) is 50.3 Å². The highest BCUT2D eigenvalue weighted by atomic mass is 35.5. The number of amides is 1. The molecule has 5 nitrogen and oxygen atoms in total. The molecule has 1 saturated carbocycles. The van der Waals surface area contributed by atoms with E-state index in [-0.39, 0.29) is 18.0 Å². The van der Waals surface area contributed by atoms with Crippen LogP contribution in [0.25, 0.3) is 0 Å². The molecule has 0 spiro atoms. The Morgan fingerprint density at radius 3 is 2.62 bits per heavy atom. The third kappa shape index (κ3) is 6.08. The van der Waals surface area contributed by atoms with Gasteiger partial charge >= 0.3 is 0 Å². The molecule has 1 amide bonds. The van der Waals surface area contributed by atoms with Crippen LogP contribution >= 0.6 is 11.6 Å². The predicted molar refractivity (Wildman–Crippen MR) is 105 cm³/mol. The SMILES string of the molecule is COCC1CCC(C(=O)NC2CCC(CC3CCCC(Cl)C3)CN2)CN1. The fraction of sp³-hybridized carbons (Fsp3) is 0.950. The molecule has 2 heterocycles. The number of hydrogen-bond donors (Lipinski definition) is 3. The summed E-state index contributed by atoms with van der Waals surface area (Å²) in [4.78, 5) is 12.5. The Kier molecular flexibility index (Phi) is 8.04. The molecule has 3 rings (SSSR count). The Hall–Kier alpha value is -0.360. The minimum absolute atomic E-state index is 0.0884. The third-order valence-corrected chi connectivity index (χ3v) is 6.87. The van der Waals surface area contributed by atoms with Gasteiger partial charge in [0.25, 0.3) is 0 Å². The molecule has 6 unspecified atom stereocenters. The molecule has 6 atom stereocenters. The van der Waals surface area contributed by atoms with Gasteiger partial charge in [-0.2, -0.15) is 0 Å². The van der Waals surface area contributed by atoms with Gasteiger partial charge in [-0.1, -0.05) is 12.8 Å². The molecule has 2 saturated heterocycles. The second kappa shape index (κ2) is 10.3. The number of hydrogen-bond acceptors (Lipinski definition) is 4. The lowest BCUT2D eigenvalue weighted by molar-refractivity contribution is -0.127. The average molecular weight is 386 g/mol. The number of piperidine rings is 2. The fourth-order valence-electron chi connectivity index (χ4n) is 4.92. The number of methoxy groups -OCH3 is 1. The Morgan fingerprint density at radius 1 is 1.08 bits per heavy atom. The predicted octanol–water partition coefficient (Wildman–Crippen LogP) is 2.63. The summed E-state index contributed by atoms with van der Waals surface area (Å²) >= 11 is 6.33. The molecular weight excluding hydrogens is 350 g/mol. The van der Waals surface area contributed by atoms with Crippen molar-refractivity contribution in [3.63, 3.8) is 0 Å². The van der Waals surface area contributed by atoms with Crippen LogP contribution in [0.15, 0.2) is 0 Å². The maximum absolute atomic E-state index is 12.5. The third-order valence-electron chi connectivity index (χ3n) is 6.47. The van der Waals surface area contributed by atoms with E-state index in [1.165, 1.54) is 38.5 Å². The summed E-state index contributed by atoms with van der Waals surface area (Å²) < 4.78 is 5.19. The van der Waals surface area contributed by atoms with Gasteiger partial charge in [-0.05, 0) is 63.3 Å². The van der Waals surface area contributed by atoms with Crippen LogP contribution < -0.4 is 16.0 Å². The summed E-state index contributed by atoms with van der Waals surface area (Å²) in [5.74, 6) is 1.82. The monoisotopic (exact) mass is 385 g/mol. The molecule has 0 aromatic carbocycles. The largest absolute Gasteiger partial charge is 0.383 e. The summed E-state index contributed by atoms with van der Waals surface area (Å²) in [7, 11) is 1.73. The molecule has 0 radical (unpaired) electrons. The van der Waals surface area contributed by atoms with E-state index in [1.54, 1.807) is 7.11 Å². The van der Waals surface area contributed by atoms with Crippen molar-refractivity contribution < 1.29 is 9.53 Å². The van der Waals surface area contributed by atoms with E-state index < -0.39 is 0 Å². The maximum atomic E-state index is 12.5. The van der Waals surface area contributed by atoms with Gasteiger partial charge in [-0.25, -0.2) is 0 Å². The second-order valence-electron chi connectivity index (χ2n) is 8.61. The van der Waals surface area contributed by atoms with E-state index >= 15 is 0 Å². The molecule has 1 aliphatic carbocycles. The van der Waals surface area contributed by atoms with E-state index in [2.05, 4.69) is 16.0 Å². The van der Waals surface area contributed by atoms with Crippen LogP contribution in [0.5, 0.6) is 0 Å². The van der Waals surface area contributed by atoms with Crippen molar-refractivity contribution in [3.8, 4) is 0 Å². The molecule has 3 aliphatic rings. The van der Waals surface area contributed by atoms with Crippen LogP contribution in [0, 0.1) is 17.8 Å². The van der Waals surface area contributed by atoms with Gasteiger partial charge in [0.2, 0.25) is 5.91 Å². The van der Waals surface area contributed by atoms with Crippen molar-refractivity contribution in [2.24, 2.45) is 17.8 Å². The lowest BCUT2D eigenvalue weighted by atomic mass is 9.80. The Morgan fingerprint density at radius 2 is 1.96 bits per heavy atom. The van der Waals surface area contributed by atoms with Gasteiger partial charge in [-0.3, -0.25) is 10.1 Å². The molecule has 3 N–H and O–H groups in total. The first-order valence-corrected chi connectivity index (χ1v) is 11.0. The highest BCUT2D eigenvalue weighted by Crippen LogP contribution is 2.33. The first-order chi connectivity index (χ1) is 12.6. The molecule has 0 aromatic rings. The van der Waals surface area contributed by atoms with Gasteiger partial charge < -0.3 is 15.4 Å². The quantitative estimate of drug-likeness (QED) is 0.615. The summed E-state index contributed by atoms with van der Waals surface area (Å²) in [6.45, 7) is 2.51. The van der Waals surface area contributed by atoms with Crippen LogP contribution in [0.4, 0.5) is 0 Å². The zero-order valence-electron chi connectivity index (χ0n) is 16.1. The van der Waals surface area contributed by atoms with Crippen molar-refractivity contribution >= 4 is 17.5 Å². The van der Waals surface area contributed by atoms with E-state index in [4.69, 9.17) is 16.3 Å². The lowest BCUT2D eigenvalue weighted by Gasteiger charge is -2.35. The van der Waals surface area contributed by atoms with Crippen molar-refractivity contribution in [3.05, 3.63) is 0 Å². The van der Waals surface area contributed by atoms with Crippen LogP contribution in [0.3, 0.4) is 0 Å². The standard InChI is InChI=1S/C20H36ClN3O2/c1-26-13-18-7-6-16(12-22-18)20(25)24-19-8-5-15(11-23-19)9-14-3-2-4-17(21)10-14/h14-19,22-23H,2-13H2,1H3,(H,24,25). The van der Waals surface area contributed by atoms with Crippen LogP contribution in [-0.2, 0) is 9.53 Å². The Bertz CT molecular complexity index is 435. The number of alkyl halides is 1. The average Bonchev–Trinajstić information content (AvgIpc) is 2.64. The van der Waals surface area contributed by atoms with Crippen LogP contribution in [0.2, 0.25) is 0 Å². The first-order valence-electron chi connectivity index (χ1n) is 10.5. The van der Waals surface area contributed by atoms with Gasteiger partial charge in [0.15, 0.2) is 0 Å². The van der Waals surface area contributed by atoms with Crippen LogP contribution in [0.1, 0.15) is 57.8 Å². The highest BCUT2D eigenvalue weighted by molar-refractivity contribution is 6.20. The zero-order valence-corrected chi connectivity index (χ0v) is 16.9. The highest BCUT2D eigenvalue weighted by Gasteiger charge is 2.30. The number of halogens is 1. The minimum Gasteiger partial charge on any atom is -0.383 e. The van der Waals surface area contributed by atoms with E-state index in [9.17, 15) is 4.79 Å². The van der Waals surface area contributed by atoms with Crippen molar-refractivity contribution in [2.45, 2.75) is 75.4 Å². The number of ether oxygens (including phenoxy) is 1. The Labute approximate surface area is 163 Å². The number of nitrogens with one attached hydrogen (secondary N) is 3. The molecule has 0 bridgehead atoms. The summed E-state index contributed by atoms with van der Waals surface area (Å²) in [5.41, 5.74) is 0.